The van der Waals surface area contributed by atoms with Crippen LogP contribution in [0.15, 0.2) is 24.3 Å². The van der Waals surface area contributed by atoms with Gasteiger partial charge in [-0.15, -0.1) is 0 Å². The highest BCUT2D eigenvalue weighted by Crippen LogP contribution is 2.22. The molecule has 5 heteroatoms. The van der Waals surface area contributed by atoms with Crippen LogP contribution in [0.5, 0.6) is 0 Å². The van der Waals surface area contributed by atoms with E-state index in [4.69, 9.17) is 0 Å². The number of hydrogen-bond donors (Lipinski definition) is 1. The molecule has 1 fully saturated rings. The number of likely N-dealkylation sites (tertiary alicyclic amines) is 1. The van der Waals surface area contributed by atoms with E-state index in [0.29, 0.717) is 0 Å². The predicted molar refractivity (Wildman–Crippen MR) is 88.7 cm³/mol. The number of aromatic nitrogens is 1. The van der Waals surface area contributed by atoms with Crippen LogP contribution in [-0.2, 0) is 11.3 Å². The van der Waals surface area contributed by atoms with Crippen molar-refractivity contribution in [2.75, 3.05) is 13.1 Å². The Kier molecular flexibility index (Phi) is 4.37. The van der Waals surface area contributed by atoms with Crippen molar-refractivity contribution >= 4 is 22.8 Å². The average molecular weight is 314 g/mol. The van der Waals surface area contributed by atoms with Crippen LogP contribution in [0.2, 0.25) is 0 Å². The van der Waals surface area contributed by atoms with E-state index < -0.39 is 5.97 Å². The van der Waals surface area contributed by atoms with Gasteiger partial charge in [-0.2, -0.15) is 0 Å². The van der Waals surface area contributed by atoms with Gasteiger partial charge in [-0.3, -0.25) is 4.79 Å². The van der Waals surface area contributed by atoms with Crippen LogP contribution in [0.1, 0.15) is 41.7 Å². The quantitative estimate of drug-likeness (QED) is 0.947. The van der Waals surface area contributed by atoms with Crippen LogP contribution in [0.3, 0.4) is 0 Å². The average Bonchev–Trinajstić information content (AvgIpc) is 2.71. The number of rotatable bonds is 3. The second-order valence-corrected chi connectivity index (χ2v) is 6.28. The van der Waals surface area contributed by atoms with E-state index in [-0.39, 0.29) is 18.1 Å². The summed E-state index contributed by atoms with van der Waals surface area (Å²) in [5.41, 5.74) is 2.04. The summed E-state index contributed by atoms with van der Waals surface area (Å²) in [5.74, 6) is -0.990. The molecule has 23 heavy (non-hydrogen) atoms. The molecule has 2 aromatic rings. The zero-order valence-electron chi connectivity index (χ0n) is 13.4. The van der Waals surface area contributed by atoms with E-state index in [1.165, 1.54) is 0 Å². The van der Waals surface area contributed by atoms with Crippen molar-refractivity contribution in [3.8, 4) is 0 Å². The SMILES string of the molecule is Cc1ccc2cc(C(=O)O)n(CC(=O)N3CCCCCC3)c2c1. The number of carboxylic acids is 1. The Labute approximate surface area is 135 Å². The highest BCUT2D eigenvalue weighted by Gasteiger charge is 2.21. The summed E-state index contributed by atoms with van der Waals surface area (Å²) >= 11 is 0. The largest absolute Gasteiger partial charge is 0.477 e. The van der Waals surface area contributed by atoms with E-state index in [0.717, 1.165) is 55.2 Å². The zero-order valence-corrected chi connectivity index (χ0v) is 13.4. The molecular weight excluding hydrogens is 292 g/mol. The standard InChI is InChI=1S/C18H22N2O3/c1-13-6-7-14-11-16(18(22)23)20(15(14)10-13)12-17(21)19-8-4-2-3-5-9-19/h6-7,10-11H,2-5,8-9,12H2,1H3,(H,22,23). The number of nitrogens with zero attached hydrogens (tertiary/aromatic N) is 2. The van der Waals surface area contributed by atoms with Crippen molar-refractivity contribution in [3.63, 3.8) is 0 Å². The lowest BCUT2D eigenvalue weighted by Crippen LogP contribution is -2.35. The monoisotopic (exact) mass is 314 g/mol. The first-order valence-electron chi connectivity index (χ1n) is 8.17. The van der Waals surface area contributed by atoms with Crippen molar-refractivity contribution in [2.45, 2.75) is 39.2 Å². The van der Waals surface area contributed by atoms with Gasteiger partial charge in [0, 0.05) is 24.0 Å². The predicted octanol–water partition coefficient (Wildman–Crippen LogP) is 3.05. The van der Waals surface area contributed by atoms with E-state index in [2.05, 4.69) is 0 Å². The fourth-order valence-corrected chi connectivity index (χ4v) is 3.27. The highest BCUT2D eigenvalue weighted by atomic mass is 16.4. The van der Waals surface area contributed by atoms with E-state index >= 15 is 0 Å². The normalized spacial score (nSPS) is 15.6. The maximum absolute atomic E-state index is 12.6. The number of fused-ring (bicyclic) bond motifs is 1. The summed E-state index contributed by atoms with van der Waals surface area (Å²) in [6.45, 7) is 3.61. The Balaban J connectivity index is 1.94. The van der Waals surface area contributed by atoms with Crippen LogP contribution in [0.25, 0.3) is 10.9 Å². The summed E-state index contributed by atoms with van der Waals surface area (Å²) in [4.78, 5) is 26.1. The molecule has 0 bridgehead atoms. The molecule has 1 N–H and O–H groups in total. The van der Waals surface area contributed by atoms with Crippen LogP contribution in [-0.4, -0.2) is 39.5 Å². The van der Waals surface area contributed by atoms with Gasteiger partial charge in [0.2, 0.25) is 5.91 Å². The summed E-state index contributed by atoms with van der Waals surface area (Å²) in [6.07, 6.45) is 4.39. The fraction of sp³-hybridized carbons (Fsp3) is 0.444. The maximum Gasteiger partial charge on any atom is 0.352 e. The molecule has 1 aromatic carbocycles. The third-order valence-electron chi connectivity index (χ3n) is 4.53. The molecule has 5 nitrogen and oxygen atoms in total. The van der Waals surface area contributed by atoms with Gasteiger partial charge in [0.1, 0.15) is 12.2 Å². The third-order valence-corrected chi connectivity index (χ3v) is 4.53. The van der Waals surface area contributed by atoms with Crippen molar-refractivity contribution in [3.05, 3.63) is 35.5 Å². The lowest BCUT2D eigenvalue weighted by atomic mass is 10.2. The van der Waals surface area contributed by atoms with Crippen LogP contribution >= 0.6 is 0 Å². The molecule has 0 aliphatic carbocycles. The first-order valence-corrected chi connectivity index (χ1v) is 8.17. The zero-order chi connectivity index (χ0) is 16.4. The minimum atomic E-state index is -0.998. The number of carboxylic acid groups (broad SMARTS) is 1. The fourth-order valence-electron chi connectivity index (χ4n) is 3.27. The van der Waals surface area contributed by atoms with Gasteiger partial charge in [0.25, 0.3) is 0 Å². The molecule has 3 rings (SSSR count). The summed E-state index contributed by atoms with van der Waals surface area (Å²) < 4.78 is 1.64. The lowest BCUT2D eigenvalue weighted by Gasteiger charge is -2.21. The molecule has 1 aliphatic heterocycles. The van der Waals surface area contributed by atoms with Crippen molar-refractivity contribution in [1.29, 1.82) is 0 Å². The van der Waals surface area contributed by atoms with Gasteiger partial charge in [-0.1, -0.05) is 25.0 Å². The molecule has 0 saturated carbocycles. The Morgan fingerprint density at radius 3 is 2.43 bits per heavy atom. The molecule has 0 radical (unpaired) electrons. The topological polar surface area (TPSA) is 62.5 Å². The molecule has 1 saturated heterocycles. The van der Waals surface area contributed by atoms with Gasteiger partial charge in [0.15, 0.2) is 0 Å². The number of aryl methyl sites for hydroxylation is 1. The molecule has 0 atom stereocenters. The third kappa shape index (κ3) is 3.23. The molecule has 122 valence electrons. The molecule has 2 heterocycles. The van der Waals surface area contributed by atoms with Crippen molar-refractivity contribution < 1.29 is 14.7 Å². The minimum Gasteiger partial charge on any atom is -0.477 e. The Bertz CT molecular complexity index is 740. The molecule has 0 spiro atoms. The summed E-state index contributed by atoms with van der Waals surface area (Å²) in [5, 5.41) is 10.3. The van der Waals surface area contributed by atoms with Gasteiger partial charge in [-0.05, 0) is 37.5 Å². The van der Waals surface area contributed by atoms with Crippen molar-refractivity contribution in [1.82, 2.24) is 9.47 Å². The number of aromatic carboxylic acids is 1. The number of hydrogen-bond acceptors (Lipinski definition) is 2. The second kappa shape index (κ2) is 6.44. The van der Waals surface area contributed by atoms with E-state index in [1.54, 1.807) is 10.6 Å². The molecule has 1 aliphatic rings. The molecular formula is C18H22N2O3. The Morgan fingerprint density at radius 2 is 1.78 bits per heavy atom. The van der Waals surface area contributed by atoms with Crippen LogP contribution in [0.4, 0.5) is 0 Å². The summed E-state index contributed by atoms with van der Waals surface area (Å²) in [7, 11) is 0. The Hall–Kier alpha value is -2.30. The van der Waals surface area contributed by atoms with Gasteiger partial charge in [0.05, 0.1) is 0 Å². The maximum atomic E-state index is 12.6. The second-order valence-electron chi connectivity index (χ2n) is 6.28. The smallest absolute Gasteiger partial charge is 0.352 e. The Morgan fingerprint density at radius 1 is 1.09 bits per heavy atom. The highest BCUT2D eigenvalue weighted by molar-refractivity contribution is 5.96. The van der Waals surface area contributed by atoms with Gasteiger partial charge in [-0.25, -0.2) is 4.79 Å². The number of carbonyl (C=O) groups is 2. The summed E-state index contributed by atoms with van der Waals surface area (Å²) in [6, 6.07) is 7.45. The molecule has 1 amide bonds. The van der Waals surface area contributed by atoms with Gasteiger partial charge < -0.3 is 14.6 Å². The number of benzene rings is 1. The van der Waals surface area contributed by atoms with Crippen LogP contribution < -0.4 is 0 Å². The van der Waals surface area contributed by atoms with E-state index in [9.17, 15) is 14.7 Å². The van der Waals surface area contributed by atoms with Crippen LogP contribution in [0, 0.1) is 6.92 Å². The number of amides is 1. The lowest BCUT2D eigenvalue weighted by molar-refractivity contribution is -0.131. The van der Waals surface area contributed by atoms with Crippen molar-refractivity contribution in [2.24, 2.45) is 0 Å². The first-order chi connectivity index (χ1) is 11.1. The van der Waals surface area contributed by atoms with Gasteiger partial charge >= 0.3 is 5.97 Å². The molecule has 1 aromatic heterocycles. The van der Waals surface area contributed by atoms with E-state index in [1.807, 2.05) is 30.0 Å². The molecule has 0 unspecified atom stereocenters. The number of carbonyl (C=O) groups excluding carboxylic acids is 1. The minimum absolute atomic E-state index is 0.00778. The first kappa shape index (κ1) is 15.6.